The molecule has 0 aromatic heterocycles. The lowest BCUT2D eigenvalue weighted by Crippen LogP contribution is -2.25. The summed E-state index contributed by atoms with van der Waals surface area (Å²) < 4.78 is 10.1. The molecule has 0 aliphatic carbocycles. The number of carbonyl (C=O) groups is 1. The predicted molar refractivity (Wildman–Crippen MR) is 76.5 cm³/mol. The lowest BCUT2D eigenvalue weighted by atomic mass is 9.82. The van der Waals surface area contributed by atoms with Gasteiger partial charge in [-0.1, -0.05) is 12.1 Å². The highest BCUT2D eigenvalue weighted by molar-refractivity contribution is 5.92. The van der Waals surface area contributed by atoms with Crippen molar-refractivity contribution in [3.8, 4) is 12.1 Å². The maximum atomic E-state index is 12.1. The van der Waals surface area contributed by atoms with Crippen molar-refractivity contribution < 1.29 is 14.3 Å². The Labute approximate surface area is 127 Å². The van der Waals surface area contributed by atoms with Crippen LogP contribution in [0.2, 0.25) is 0 Å². The number of nitrogens with two attached hydrogens (primary N) is 1. The largest absolute Gasteiger partial charge is 0.466 e. The normalized spacial score (nSPS) is 17.4. The number of allylic oxidation sites excluding steroid dienone is 2. The summed E-state index contributed by atoms with van der Waals surface area (Å²) in [6.45, 7) is 1.58. The quantitative estimate of drug-likeness (QED) is 0.833. The average Bonchev–Trinajstić information content (AvgIpc) is 2.53. The molecule has 0 radical (unpaired) electrons. The standard InChI is InChI=1S/C16H13N3O3/c1-9-13(16(20)21-2)14(12(8-18)15(19)22-9)11-5-3-4-10(6-11)7-17/h3-6,14H,19H2,1-2H3. The highest BCUT2D eigenvalue weighted by Gasteiger charge is 2.36. The lowest BCUT2D eigenvalue weighted by molar-refractivity contribution is -0.136. The Bertz CT molecular complexity index is 779. The van der Waals surface area contributed by atoms with E-state index in [-0.39, 0.29) is 22.8 Å². The van der Waals surface area contributed by atoms with E-state index in [0.717, 1.165) is 0 Å². The van der Waals surface area contributed by atoms with Crippen LogP contribution >= 0.6 is 0 Å². The first-order valence-electron chi connectivity index (χ1n) is 6.40. The van der Waals surface area contributed by atoms with Crippen LogP contribution in [0.5, 0.6) is 0 Å². The van der Waals surface area contributed by atoms with Gasteiger partial charge in [0.2, 0.25) is 5.88 Å². The number of ether oxygens (including phenoxy) is 2. The number of carbonyl (C=O) groups excluding carboxylic acids is 1. The van der Waals surface area contributed by atoms with Crippen LogP contribution in [0.15, 0.2) is 47.1 Å². The van der Waals surface area contributed by atoms with E-state index in [1.807, 2.05) is 12.1 Å². The smallest absolute Gasteiger partial charge is 0.338 e. The molecule has 2 N–H and O–H groups in total. The SMILES string of the molecule is COC(=O)C1=C(C)OC(N)=C(C#N)C1c1cccc(C#N)c1. The van der Waals surface area contributed by atoms with Crippen LogP contribution in [-0.4, -0.2) is 13.1 Å². The van der Waals surface area contributed by atoms with E-state index in [1.54, 1.807) is 31.2 Å². The monoisotopic (exact) mass is 295 g/mol. The number of benzene rings is 1. The van der Waals surface area contributed by atoms with Crippen LogP contribution in [-0.2, 0) is 14.3 Å². The fourth-order valence-corrected chi connectivity index (χ4v) is 2.38. The Kier molecular flexibility index (Phi) is 4.15. The fraction of sp³-hybridized carbons (Fsp3) is 0.188. The van der Waals surface area contributed by atoms with Crippen LogP contribution < -0.4 is 5.73 Å². The van der Waals surface area contributed by atoms with Gasteiger partial charge in [0.15, 0.2) is 0 Å². The van der Waals surface area contributed by atoms with Crippen LogP contribution in [0.25, 0.3) is 0 Å². The minimum Gasteiger partial charge on any atom is -0.466 e. The summed E-state index contributed by atoms with van der Waals surface area (Å²) in [5.41, 5.74) is 7.09. The van der Waals surface area contributed by atoms with Gasteiger partial charge in [0.1, 0.15) is 17.4 Å². The van der Waals surface area contributed by atoms with Crippen molar-refractivity contribution in [1.29, 1.82) is 10.5 Å². The average molecular weight is 295 g/mol. The Hall–Kier alpha value is -3.25. The fourth-order valence-electron chi connectivity index (χ4n) is 2.38. The Balaban J connectivity index is 2.68. The summed E-state index contributed by atoms with van der Waals surface area (Å²) in [7, 11) is 1.25. The first kappa shape index (κ1) is 15.1. The van der Waals surface area contributed by atoms with Gasteiger partial charge in [-0.2, -0.15) is 10.5 Å². The topological polar surface area (TPSA) is 109 Å². The van der Waals surface area contributed by atoms with Crippen molar-refractivity contribution >= 4 is 5.97 Å². The zero-order valence-electron chi connectivity index (χ0n) is 12.1. The van der Waals surface area contributed by atoms with Gasteiger partial charge in [0, 0.05) is 0 Å². The Morgan fingerprint density at radius 2 is 2.09 bits per heavy atom. The number of methoxy groups -OCH3 is 1. The van der Waals surface area contributed by atoms with Crippen LogP contribution in [0, 0.1) is 22.7 Å². The van der Waals surface area contributed by atoms with Gasteiger partial charge in [-0.15, -0.1) is 0 Å². The molecule has 1 atom stereocenters. The van der Waals surface area contributed by atoms with E-state index in [9.17, 15) is 10.1 Å². The molecule has 1 aliphatic heterocycles. The van der Waals surface area contributed by atoms with Gasteiger partial charge in [-0.3, -0.25) is 0 Å². The molecule has 0 spiro atoms. The van der Waals surface area contributed by atoms with Gasteiger partial charge >= 0.3 is 5.97 Å². The molecule has 110 valence electrons. The minimum absolute atomic E-state index is 0.0555. The summed E-state index contributed by atoms with van der Waals surface area (Å²) in [4.78, 5) is 12.1. The maximum absolute atomic E-state index is 12.1. The van der Waals surface area contributed by atoms with E-state index in [4.69, 9.17) is 20.5 Å². The molecule has 0 fully saturated rings. The summed E-state index contributed by atoms with van der Waals surface area (Å²) in [5, 5.41) is 18.4. The number of hydrogen-bond donors (Lipinski definition) is 1. The molecule has 0 bridgehead atoms. The van der Waals surface area contributed by atoms with Crippen molar-refractivity contribution in [1.82, 2.24) is 0 Å². The van der Waals surface area contributed by atoms with Crippen LogP contribution in [0.3, 0.4) is 0 Å². The molecule has 1 aromatic carbocycles. The van der Waals surface area contributed by atoms with E-state index in [2.05, 4.69) is 0 Å². The number of rotatable bonds is 2. The molecule has 6 nitrogen and oxygen atoms in total. The van der Waals surface area contributed by atoms with E-state index < -0.39 is 11.9 Å². The molecule has 1 heterocycles. The first-order valence-corrected chi connectivity index (χ1v) is 6.40. The first-order chi connectivity index (χ1) is 10.5. The van der Waals surface area contributed by atoms with E-state index in [1.165, 1.54) is 7.11 Å². The Morgan fingerprint density at radius 3 is 2.68 bits per heavy atom. The Morgan fingerprint density at radius 1 is 1.36 bits per heavy atom. The van der Waals surface area contributed by atoms with Crippen LogP contribution in [0.1, 0.15) is 24.0 Å². The van der Waals surface area contributed by atoms with Gasteiger partial charge in [-0.05, 0) is 24.6 Å². The molecule has 0 saturated heterocycles. The molecule has 1 aromatic rings. The predicted octanol–water partition coefficient (Wildman–Crippen LogP) is 1.81. The molecule has 0 saturated carbocycles. The minimum atomic E-state index is -0.723. The summed E-state index contributed by atoms with van der Waals surface area (Å²) in [6.07, 6.45) is 0. The van der Waals surface area contributed by atoms with Crippen molar-refractivity contribution in [2.45, 2.75) is 12.8 Å². The molecule has 22 heavy (non-hydrogen) atoms. The van der Waals surface area contributed by atoms with Gasteiger partial charge in [0.05, 0.1) is 30.2 Å². The van der Waals surface area contributed by atoms with E-state index >= 15 is 0 Å². The number of esters is 1. The summed E-state index contributed by atoms with van der Waals surface area (Å²) in [6, 6.07) is 10.6. The molecule has 2 rings (SSSR count). The molecule has 6 heteroatoms. The number of hydrogen-bond acceptors (Lipinski definition) is 6. The van der Waals surface area contributed by atoms with Crippen molar-refractivity contribution in [3.05, 3.63) is 58.2 Å². The zero-order valence-corrected chi connectivity index (χ0v) is 12.1. The van der Waals surface area contributed by atoms with Crippen molar-refractivity contribution in [2.75, 3.05) is 7.11 Å². The molecule has 1 unspecified atom stereocenters. The summed E-state index contributed by atoms with van der Waals surface area (Å²) >= 11 is 0. The molecule has 0 amide bonds. The second-order valence-corrected chi connectivity index (χ2v) is 4.62. The van der Waals surface area contributed by atoms with Gasteiger partial charge in [-0.25, -0.2) is 4.79 Å². The van der Waals surface area contributed by atoms with Gasteiger partial charge < -0.3 is 15.2 Å². The second-order valence-electron chi connectivity index (χ2n) is 4.62. The summed E-state index contributed by atoms with van der Waals surface area (Å²) in [5.74, 6) is -1.11. The van der Waals surface area contributed by atoms with Crippen molar-refractivity contribution in [2.24, 2.45) is 5.73 Å². The molecular weight excluding hydrogens is 282 g/mol. The second kappa shape index (κ2) is 6.02. The number of nitrogens with zero attached hydrogens (tertiary/aromatic N) is 2. The third-order valence-electron chi connectivity index (χ3n) is 3.36. The van der Waals surface area contributed by atoms with Crippen LogP contribution in [0.4, 0.5) is 0 Å². The van der Waals surface area contributed by atoms with Gasteiger partial charge in [0.25, 0.3) is 0 Å². The lowest BCUT2D eigenvalue weighted by Gasteiger charge is -2.26. The van der Waals surface area contributed by atoms with Crippen molar-refractivity contribution in [3.63, 3.8) is 0 Å². The number of nitriles is 2. The maximum Gasteiger partial charge on any atom is 0.338 e. The molecular formula is C16H13N3O3. The highest BCUT2D eigenvalue weighted by Crippen LogP contribution is 2.39. The molecule has 1 aliphatic rings. The third-order valence-corrected chi connectivity index (χ3v) is 3.36. The third kappa shape index (κ3) is 2.50. The zero-order chi connectivity index (χ0) is 16.3. The van der Waals surface area contributed by atoms with E-state index in [0.29, 0.717) is 11.1 Å². The highest BCUT2D eigenvalue weighted by atomic mass is 16.5.